The van der Waals surface area contributed by atoms with Gasteiger partial charge in [0.25, 0.3) is 0 Å². The highest BCUT2D eigenvalue weighted by Gasteiger charge is 2.37. The minimum atomic E-state index is -0.681. The average Bonchev–Trinajstić information content (AvgIpc) is 3.00. The molecule has 1 aliphatic rings. The van der Waals surface area contributed by atoms with Gasteiger partial charge in [-0.3, -0.25) is 14.6 Å². The molecule has 0 aliphatic heterocycles. The van der Waals surface area contributed by atoms with Gasteiger partial charge in [0.15, 0.2) is 0 Å². The van der Waals surface area contributed by atoms with E-state index in [9.17, 15) is 9.59 Å². The van der Waals surface area contributed by atoms with E-state index in [2.05, 4.69) is 10.3 Å². The summed E-state index contributed by atoms with van der Waals surface area (Å²) >= 11 is 0. The van der Waals surface area contributed by atoms with Crippen molar-refractivity contribution in [3.63, 3.8) is 0 Å². The van der Waals surface area contributed by atoms with Gasteiger partial charge in [-0.1, -0.05) is 18.9 Å². The van der Waals surface area contributed by atoms with Crippen LogP contribution in [0.1, 0.15) is 31.2 Å². The summed E-state index contributed by atoms with van der Waals surface area (Å²) in [5, 5.41) is 2.81. The van der Waals surface area contributed by atoms with E-state index in [1.54, 1.807) is 12.4 Å². The highest BCUT2D eigenvalue weighted by molar-refractivity contribution is 5.98. The number of pyridine rings is 1. The summed E-state index contributed by atoms with van der Waals surface area (Å²) < 4.78 is 4.79. The smallest absolute Gasteiger partial charge is 0.318 e. The van der Waals surface area contributed by atoms with E-state index in [1.165, 1.54) is 7.11 Å². The topological polar surface area (TPSA) is 68.3 Å². The lowest BCUT2D eigenvalue weighted by molar-refractivity contribution is -0.152. The molecule has 1 atom stereocenters. The molecule has 1 amide bonds. The van der Waals surface area contributed by atoms with Crippen LogP contribution in [0.3, 0.4) is 0 Å². The van der Waals surface area contributed by atoms with Crippen molar-refractivity contribution in [2.75, 3.05) is 7.11 Å². The van der Waals surface area contributed by atoms with Crippen molar-refractivity contribution in [2.45, 2.75) is 32.2 Å². The lowest BCUT2D eigenvalue weighted by atomic mass is 9.90. The highest BCUT2D eigenvalue weighted by Crippen LogP contribution is 2.32. The van der Waals surface area contributed by atoms with E-state index < -0.39 is 11.9 Å². The fourth-order valence-corrected chi connectivity index (χ4v) is 2.73. The van der Waals surface area contributed by atoms with Gasteiger partial charge in [-0.05, 0) is 30.4 Å². The lowest BCUT2D eigenvalue weighted by Gasteiger charge is -2.20. The van der Waals surface area contributed by atoms with E-state index in [1.807, 2.05) is 12.1 Å². The van der Waals surface area contributed by atoms with Gasteiger partial charge in [0.1, 0.15) is 5.92 Å². The first-order valence-electron chi connectivity index (χ1n) is 6.97. The normalized spacial score (nSPS) is 16.6. The van der Waals surface area contributed by atoms with Crippen molar-refractivity contribution in [1.29, 1.82) is 0 Å². The molecule has 1 saturated carbocycles. The number of rotatable bonds is 5. The second kappa shape index (κ2) is 7.03. The van der Waals surface area contributed by atoms with E-state index in [0.29, 0.717) is 6.54 Å². The van der Waals surface area contributed by atoms with Gasteiger partial charge in [0.05, 0.1) is 7.11 Å². The van der Waals surface area contributed by atoms with Crippen LogP contribution in [-0.2, 0) is 20.9 Å². The molecule has 0 aromatic carbocycles. The van der Waals surface area contributed by atoms with Crippen LogP contribution in [0.2, 0.25) is 0 Å². The maximum absolute atomic E-state index is 12.3. The Morgan fingerprint density at radius 1 is 1.45 bits per heavy atom. The van der Waals surface area contributed by atoms with Crippen molar-refractivity contribution in [3.05, 3.63) is 30.1 Å². The molecule has 1 aromatic rings. The molecular weight excluding hydrogens is 256 g/mol. The zero-order chi connectivity index (χ0) is 14.4. The SMILES string of the molecule is COC(=O)C(C(=O)NCc1cccnc1)C1CCCC1. The zero-order valence-corrected chi connectivity index (χ0v) is 11.7. The Bertz CT molecular complexity index is 455. The van der Waals surface area contributed by atoms with Crippen LogP contribution >= 0.6 is 0 Å². The fourth-order valence-electron chi connectivity index (χ4n) is 2.73. The molecule has 1 aromatic heterocycles. The number of nitrogens with zero attached hydrogens (tertiary/aromatic N) is 1. The number of ether oxygens (including phenoxy) is 1. The Morgan fingerprint density at radius 2 is 2.20 bits per heavy atom. The molecule has 0 bridgehead atoms. The second-order valence-electron chi connectivity index (χ2n) is 5.12. The van der Waals surface area contributed by atoms with Gasteiger partial charge < -0.3 is 10.1 Å². The van der Waals surface area contributed by atoms with Crippen molar-refractivity contribution < 1.29 is 14.3 Å². The third kappa shape index (κ3) is 3.56. The van der Waals surface area contributed by atoms with Crippen molar-refractivity contribution >= 4 is 11.9 Å². The molecule has 1 heterocycles. The number of carbonyl (C=O) groups is 2. The predicted molar refractivity (Wildman–Crippen MR) is 73.5 cm³/mol. The maximum atomic E-state index is 12.3. The van der Waals surface area contributed by atoms with Crippen LogP contribution < -0.4 is 5.32 Å². The number of carbonyl (C=O) groups excluding carboxylic acids is 2. The minimum absolute atomic E-state index is 0.108. The van der Waals surface area contributed by atoms with Gasteiger partial charge >= 0.3 is 5.97 Å². The number of aromatic nitrogens is 1. The molecule has 20 heavy (non-hydrogen) atoms. The number of methoxy groups -OCH3 is 1. The van der Waals surface area contributed by atoms with Crippen LogP contribution in [0.15, 0.2) is 24.5 Å². The van der Waals surface area contributed by atoms with Crippen LogP contribution in [0.4, 0.5) is 0 Å². The number of esters is 1. The Hall–Kier alpha value is -1.91. The standard InChI is InChI=1S/C15H20N2O3/c1-20-15(19)13(12-6-2-3-7-12)14(18)17-10-11-5-4-8-16-9-11/h4-5,8-9,12-13H,2-3,6-7,10H2,1H3,(H,17,18). The number of hydrogen-bond donors (Lipinski definition) is 1. The van der Waals surface area contributed by atoms with Gasteiger partial charge in [0.2, 0.25) is 5.91 Å². The summed E-state index contributed by atoms with van der Waals surface area (Å²) in [6, 6.07) is 3.70. The van der Waals surface area contributed by atoms with Crippen LogP contribution in [-0.4, -0.2) is 24.0 Å². The van der Waals surface area contributed by atoms with Gasteiger partial charge in [0, 0.05) is 18.9 Å². The van der Waals surface area contributed by atoms with Crippen LogP contribution in [0.25, 0.3) is 0 Å². The van der Waals surface area contributed by atoms with E-state index in [0.717, 1.165) is 31.2 Å². The predicted octanol–water partition coefficient (Wildman–Crippen LogP) is 1.68. The average molecular weight is 276 g/mol. The van der Waals surface area contributed by atoms with Crippen molar-refractivity contribution in [3.8, 4) is 0 Å². The van der Waals surface area contributed by atoms with Crippen LogP contribution in [0, 0.1) is 11.8 Å². The molecule has 0 spiro atoms. The molecule has 0 radical (unpaired) electrons. The molecule has 5 heteroatoms. The molecule has 1 N–H and O–H groups in total. The molecular formula is C15H20N2O3. The molecule has 0 saturated heterocycles. The third-order valence-corrected chi connectivity index (χ3v) is 3.80. The molecule has 2 rings (SSSR count). The van der Waals surface area contributed by atoms with E-state index in [4.69, 9.17) is 4.74 Å². The molecule has 1 unspecified atom stereocenters. The first-order valence-corrected chi connectivity index (χ1v) is 6.97. The summed E-state index contributed by atoms with van der Waals surface area (Å²) in [6.07, 6.45) is 7.37. The Kier molecular flexibility index (Phi) is 5.09. The summed E-state index contributed by atoms with van der Waals surface area (Å²) in [6.45, 7) is 0.382. The summed E-state index contributed by atoms with van der Waals surface area (Å²) in [5.41, 5.74) is 0.913. The third-order valence-electron chi connectivity index (χ3n) is 3.80. The van der Waals surface area contributed by atoms with E-state index in [-0.39, 0.29) is 11.8 Å². The maximum Gasteiger partial charge on any atom is 0.318 e. The van der Waals surface area contributed by atoms with Crippen molar-refractivity contribution in [2.24, 2.45) is 11.8 Å². The highest BCUT2D eigenvalue weighted by atomic mass is 16.5. The second-order valence-corrected chi connectivity index (χ2v) is 5.12. The molecule has 108 valence electrons. The zero-order valence-electron chi connectivity index (χ0n) is 11.7. The lowest BCUT2D eigenvalue weighted by Crippen LogP contribution is -2.39. The van der Waals surface area contributed by atoms with Crippen molar-refractivity contribution in [1.82, 2.24) is 10.3 Å². The molecule has 5 nitrogen and oxygen atoms in total. The summed E-state index contributed by atoms with van der Waals surface area (Å²) in [4.78, 5) is 28.1. The largest absolute Gasteiger partial charge is 0.468 e. The Labute approximate surface area is 118 Å². The molecule has 1 aliphatic carbocycles. The summed E-state index contributed by atoms with van der Waals surface area (Å²) in [7, 11) is 1.33. The first-order chi connectivity index (χ1) is 9.72. The minimum Gasteiger partial charge on any atom is -0.468 e. The van der Waals surface area contributed by atoms with Gasteiger partial charge in [-0.15, -0.1) is 0 Å². The number of amides is 1. The number of hydrogen-bond acceptors (Lipinski definition) is 4. The fraction of sp³-hybridized carbons (Fsp3) is 0.533. The van der Waals surface area contributed by atoms with E-state index >= 15 is 0 Å². The Morgan fingerprint density at radius 3 is 2.80 bits per heavy atom. The molecule has 1 fully saturated rings. The van der Waals surface area contributed by atoms with Gasteiger partial charge in [-0.2, -0.15) is 0 Å². The first kappa shape index (κ1) is 14.5. The van der Waals surface area contributed by atoms with Crippen LogP contribution in [0.5, 0.6) is 0 Å². The Balaban J connectivity index is 1.97. The quantitative estimate of drug-likeness (QED) is 0.656. The van der Waals surface area contributed by atoms with Gasteiger partial charge in [-0.25, -0.2) is 0 Å². The monoisotopic (exact) mass is 276 g/mol. The number of nitrogens with one attached hydrogen (secondary N) is 1. The summed E-state index contributed by atoms with van der Waals surface area (Å²) in [5.74, 6) is -1.25.